The number of imide groups is 2. The fourth-order valence-corrected chi connectivity index (χ4v) is 3.25. The van der Waals surface area contributed by atoms with Gasteiger partial charge in [0.15, 0.2) is 0 Å². The molecule has 1 aliphatic carbocycles. The van der Waals surface area contributed by atoms with Crippen LogP contribution in [0.3, 0.4) is 0 Å². The van der Waals surface area contributed by atoms with Crippen LogP contribution in [-0.4, -0.2) is 40.3 Å². The number of hydrogen-bond donors (Lipinski definition) is 0. The second-order valence-electron chi connectivity index (χ2n) is 5.83. The number of urea groups is 1. The molecule has 1 aromatic carbocycles. The fraction of sp³-hybridized carbons (Fsp3) is 0.471. The van der Waals surface area contributed by atoms with Crippen molar-refractivity contribution in [3.05, 3.63) is 29.8 Å². The molecule has 2 aliphatic rings. The van der Waals surface area contributed by atoms with E-state index in [4.69, 9.17) is 4.74 Å². The minimum Gasteiger partial charge on any atom is -0.494 e. The van der Waals surface area contributed by atoms with Gasteiger partial charge in [0.2, 0.25) is 0 Å². The first-order chi connectivity index (χ1) is 11.1. The molecule has 6 heteroatoms. The number of ether oxygens (including phenoxy) is 1. The summed E-state index contributed by atoms with van der Waals surface area (Å²) >= 11 is 0. The number of para-hydroxylation sites is 1. The van der Waals surface area contributed by atoms with Gasteiger partial charge in [0.1, 0.15) is 5.75 Å². The molecule has 4 amide bonds. The highest BCUT2D eigenvalue weighted by atomic mass is 16.5. The fourth-order valence-electron chi connectivity index (χ4n) is 3.25. The first-order valence-corrected chi connectivity index (χ1v) is 8.03. The summed E-state index contributed by atoms with van der Waals surface area (Å²) in [5.41, 5.74) is 0.720. The van der Waals surface area contributed by atoms with Crippen LogP contribution in [0.4, 0.5) is 4.79 Å². The van der Waals surface area contributed by atoms with Gasteiger partial charge in [-0.2, -0.15) is 0 Å². The summed E-state index contributed by atoms with van der Waals surface area (Å²) in [4.78, 5) is 39.2. The van der Waals surface area contributed by atoms with Crippen LogP contribution in [0.1, 0.15) is 38.2 Å². The van der Waals surface area contributed by atoms with Gasteiger partial charge >= 0.3 is 17.8 Å². The molecule has 0 spiro atoms. The monoisotopic (exact) mass is 316 g/mol. The van der Waals surface area contributed by atoms with E-state index in [2.05, 4.69) is 0 Å². The Morgan fingerprint density at radius 1 is 1.09 bits per heavy atom. The lowest BCUT2D eigenvalue weighted by Crippen LogP contribution is -2.39. The molecular formula is C17H20N2O4. The first kappa shape index (κ1) is 15.5. The molecule has 122 valence electrons. The largest absolute Gasteiger partial charge is 0.494 e. The quantitative estimate of drug-likeness (QED) is 0.617. The van der Waals surface area contributed by atoms with E-state index in [9.17, 15) is 14.4 Å². The van der Waals surface area contributed by atoms with E-state index in [1.54, 1.807) is 12.1 Å². The molecule has 0 bridgehead atoms. The van der Waals surface area contributed by atoms with Crippen LogP contribution in [0.2, 0.25) is 0 Å². The van der Waals surface area contributed by atoms with E-state index in [0.717, 1.165) is 41.0 Å². The number of rotatable bonds is 5. The van der Waals surface area contributed by atoms with Crippen molar-refractivity contribution in [3.8, 4) is 5.75 Å². The van der Waals surface area contributed by atoms with Crippen LogP contribution in [0.25, 0.3) is 0 Å². The van der Waals surface area contributed by atoms with Crippen molar-refractivity contribution in [3.63, 3.8) is 0 Å². The molecule has 6 nitrogen and oxygen atoms in total. The maximum atomic E-state index is 12.6. The zero-order valence-corrected chi connectivity index (χ0v) is 13.2. The number of benzene rings is 1. The van der Waals surface area contributed by atoms with Crippen molar-refractivity contribution in [1.82, 2.24) is 9.80 Å². The van der Waals surface area contributed by atoms with Gasteiger partial charge in [-0.15, -0.1) is 0 Å². The van der Waals surface area contributed by atoms with Crippen molar-refractivity contribution in [1.29, 1.82) is 0 Å². The number of amides is 4. The highest BCUT2D eigenvalue weighted by Crippen LogP contribution is 2.29. The maximum Gasteiger partial charge on any atom is 0.334 e. The van der Waals surface area contributed by atoms with Crippen LogP contribution in [0.15, 0.2) is 24.3 Å². The molecule has 3 rings (SSSR count). The summed E-state index contributed by atoms with van der Waals surface area (Å²) in [6.45, 7) is 2.42. The molecule has 0 atom stereocenters. The number of carbonyl (C=O) groups is 3. The third-order valence-electron chi connectivity index (χ3n) is 4.37. The predicted molar refractivity (Wildman–Crippen MR) is 82.7 cm³/mol. The van der Waals surface area contributed by atoms with E-state index in [0.29, 0.717) is 12.4 Å². The SMILES string of the molecule is CCOc1ccccc1CN1C(=O)C(=O)N(C2CCCC2)C1=O. The summed E-state index contributed by atoms with van der Waals surface area (Å²) in [5, 5.41) is 0. The predicted octanol–water partition coefficient (Wildman–Crippen LogP) is 2.32. The molecule has 2 fully saturated rings. The average Bonchev–Trinajstić information content (AvgIpc) is 3.13. The molecule has 1 aliphatic heterocycles. The van der Waals surface area contributed by atoms with E-state index >= 15 is 0 Å². The zero-order valence-electron chi connectivity index (χ0n) is 13.2. The Kier molecular flexibility index (Phi) is 4.32. The van der Waals surface area contributed by atoms with E-state index in [-0.39, 0.29) is 12.6 Å². The summed E-state index contributed by atoms with van der Waals surface area (Å²) < 4.78 is 5.52. The Bertz CT molecular complexity index is 637. The molecule has 1 saturated heterocycles. The van der Waals surface area contributed by atoms with Crippen molar-refractivity contribution in [2.24, 2.45) is 0 Å². The van der Waals surface area contributed by atoms with Gasteiger partial charge in [-0.05, 0) is 25.8 Å². The second-order valence-corrected chi connectivity index (χ2v) is 5.83. The Balaban J connectivity index is 1.82. The van der Waals surface area contributed by atoms with E-state index < -0.39 is 17.8 Å². The van der Waals surface area contributed by atoms with Gasteiger partial charge in [-0.25, -0.2) is 4.79 Å². The van der Waals surface area contributed by atoms with Crippen molar-refractivity contribution < 1.29 is 19.1 Å². The molecule has 23 heavy (non-hydrogen) atoms. The summed E-state index contributed by atoms with van der Waals surface area (Å²) in [6, 6.07) is 6.61. The Morgan fingerprint density at radius 2 is 1.78 bits per heavy atom. The molecule has 1 aromatic rings. The number of nitrogens with zero attached hydrogens (tertiary/aromatic N) is 2. The zero-order chi connectivity index (χ0) is 16.4. The van der Waals surface area contributed by atoms with Crippen LogP contribution in [0.5, 0.6) is 5.75 Å². The third kappa shape index (κ3) is 2.81. The summed E-state index contributed by atoms with van der Waals surface area (Å²) in [5.74, 6) is -0.814. The van der Waals surface area contributed by atoms with Crippen molar-refractivity contribution in [2.75, 3.05) is 6.61 Å². The van der Waals surface area contributed by atoms with Gasteiger partial charge in [-0.1, -0.05) is 31.0 Å². The van der Waals surface area contributed by atoms with Crippen molar-refractivity contribution in [2.45, 2.75) is 45.2 Å². The molecule has 0 unspecified atom stereocenters. The molecule has 0 aromatic heterocycles. The minimum atomic E-state index is -0.742. The maximum absolute atomic E-state index is 12.6. The first-order valence-electron chi connectivity index (χ1n) is 8.03. The van der Waals surface area contributed by atoms with Crippen LogP contribution >= 0.6 is 0 Å². The highest BCUT2D eigenvalue weighted by molar-refractivity contribution is 6.44. The highest BCUT2D eigenvalue weighted by Gasteiger charge is 2.48. The van der Waals surface area contributed by atoms with Gasteiger partial charge < -0.3 is 4.74 Å². The van der Waals surface area contributed by atoms with Crippen LogP contribution in [-0.2, 0) is 16.1 Å². The van der Waals surface area contributed by atoms with E-state index in [1.807, 2.05) is 19.1 Å². The molecule has 0 radical (unpaired) electrons. The lowest BCUT2D eigenvalue weighted by molar-refractivity contribution is -0.144. The third-order valence-corrected chi connectivity index (χ3v) is 4.37. The minimum absolute atomic E-state index is 0.0583. The van der Waals surface area contributed by atoms with E-state index in [1.165, 1.54) is 0 Å². The van der Waals surface area contributed by atoms with Gasteiger partial charge in [0.25, 0.3) is 0 Å². The Labute approximate surface area is 135 Å². The lowest BCUT2D eigenvalue weighted by Gasteiger charge is -2.21. The Hall–Kier alpha value is -2.37. The standard InChI is InChI=1S/C17H20N2O4/c1-2-23-14-10-6-3-7-12(14)11-18-15(20)16(21)19(17(18)22)13-8-4-5-9-13/h3,6-7,10,13H,2,4-5,8-9,11H2,1H3. The molecular weight excluding hydrogens is 296 g/mol. The smallest absolute Gasteiger partial charge is 0.334 e. The Morgan fingerprint density at radius 3 is 2.48 bits per heavy atom. The van der Waals surface area contributed by atoms with Gasteiger partial charge in [-0.3, -0.25) is 19.4 Å². The second kappa shape index (κ2) is 6.40. The normalized spacial score (nSPS) is 19.1. The van der Waals surface area contributed by atoms with Crippen LogP contribution in [0, 0.1) is 0 Å². The van der Waals surface area contributed by atoms with Gasteiger partial charge in [0.05, 0.1) is 13.2 Å². The molecule has 0 N–H and O–H groups in total. The molecule has 1 heterocycles. The van der Waals surface area contributed by atoms with Crippen molar-refractivity contribution >= 4 is 17.8 Å². The molecule has 1 saturated carbocycles. The number of carbonyl (C=O) groups excluding carboxylic acids is 3. The number of hydrogen-bond acceptors (Lipinski definition) is 4. The van der Waals surface area contributed by atoms with Crippen LogP contribution < -0.4 is 4.74 Å². The topological polar surface area (TPSA) is 66.9 Å². The average molecular weight is 316 g/mol. The summed E-state index contributed by atoms with van der Waals surface area (Å²) in [7, 11) is 0. The van der Waals surface area contributed by atoms with Gasteiger partial charge in [0, 0.05) is 11.6 Å². The lowest BCUT2D eigenvalue weighted by atomic mass is 10.2. The summed E-state index contributed by atoms with van der Waals surface area (Å²) in [6.07, 6.45) is 3.55.